The van der Waals surface area contributed by atoms with Crippen molar-refractivity contribution in [1.29, 1.82) is 0 Å². The summed E-state index contributed by atoms with van der Waals surface area (Å²) in [6, 6.07) is 13.7. The molecule has 0 spiro atoms. The predicted octanol–water partition coefficient (Wildman–Crippen LogP) is 4.55. The summed E-state index contributed by atoms with van der Waals surface area (Å²) in [5.41, 5.74) is 1.76. The highest BCUT2D eigenvalue weighted by Crippen LogP contribution is 2.25. The fraction of sp³-hybridized carbons (Fsp3) is 0.0556. The summed E-state index contributed by atoms with van der Waals surface area (Å²) >= 11 is 0. The molecule has 0 aliphatic carbocycles. The first-order valence-corrected chi connectivity index (χ1v) is 6.68. The Morgan fingerprint density at radius 1 is 0.857 bits per heavy atom. The number of rotatable bonds is 0. The molecular formula is C18H11FO2. The van der Waals surface area contributed by atoms with Crippen molar-refractivity contribution in [3.05, 3.63) is 70.1 Å². The van der Waals surface area contributed by atoms with Gasteiger partial charge < -0.3 is 4.42 Å². The van der Waals surface area contributed by atoms with Gasteiger partial charge in [0.2, 0.25) is 5.43 Å². The van der Waals surface area contributed by atoms with E-state index in [1.165, 1.54) is 18.2 Å². The van der Waals surface area contributed by atoms with Crippen LogP contribution in [0.15, 0.2) is 57.7 Å². The molecule has 1 aromatic heterocycles. The van der Waals surface area contributed by atoms with Crippen LogP contribution in [0.2, 0.25) is 0 Å². The van der Waals surface area contributed by atoms with E-state index in [0.717, 1.165) is 16.3 Å². The summed E-state index contributed by atoms with van der Waals surface area (Å²) in [4.78, 5) is 12.5. The third kappa shape index (κ3) is 1.82. The van der Waals surface area contributed by atoms with Gasteiger partial charge in [0, 0.05) is 6.07 Å². The van der Waals surface area contributed by atoms with Gasteiger partial charge in [0.25, 0.3) is 0 Å². The molecule has 0 amide bonds. The van der Waals surface area contributed by atoms with Crippen molar-refractivity contribution in [3.8, 4) is 0 Å². The van der Waals surface area contributed by atoms with Crippen molar-refractivity contribution in [2.45, 2.75) is 6.92 Å². The number of halogens is 1. The van der Waals surface area contributed by atoms with Gasteiger partial charge >= 0.3 is 0 Å². The molecule has 21 heavy (non-hydrogen) atoms. The smallest absolute Gasteiger partial charge is 0.200 e. The lowest BCUT2D eigenvalue weighted by molar-refractivity contribution is 0.615. The van der Waals surface area contributed by atoms with Crippen molar-refractivity contribution < 1.29 is 8.81 Å². The Balaban J connectivity index is 2.22. The Bertz CT molecular complexity index is 1070. The van der Waals surface area contributed by atoms with Crippen molar-refractivity contribution in [2.24, 2.45) is 0 Å². The first kappa shape index (κ1) is 12.1. The quantitative estimate of drug-likeness (QED) is 0.442. The van der Waals surface area contributed by atoms with E-state index in [1.807, 2.05) is 37.3 Å². The summed E-state index contributed by atoms with van der Waals surface area (Å²) in [6.07, 6.45) is 0. The molecule has 3 heteroatoms. The van der Waals surface area contributed by atoms with E-state index in [0.29, 0.717) is 16.4 Å². The van der Waals surface area contributed by atoms with Crippen LogP contribution in [0.1, 0.15) is 5.56 Å². The second-order valence-corrected chi connectivity index (χ2v) is 5.27. The van der Waals surface area contributed by atoms with E-state index in [1.54, 1.807) is 0 Å². The standard InChI is InChI=1S/C18H11FO2/c1-10-2-3-11-7-15-16(8-12(11)6-10)21-17-9-13(19)4-5-14(17)18(15)20/h2-9H,1H3. The SMILES string of the molecule is Cc1ccc2cc3c(=O)c4ccc(F)cc4oc3cc2c1. The molecule has 3 aromatic carbocycles. The monoisotopic (exact) mass is 278 g/mol. The minimum absolute atomic E-state index is 0.131. The maximum absolute atomic E-state index is 13.3. The first-order valence-electron chi connectivity index (χ1n) is 6.68. The molecule has 0 fully saturated rings. The van der Waals surface area contributed by atoms with Crippen LogP contribution in [-0.4, -0.2) is 0 Å². The summed E-state index contributed by atoms with van der Waals surface area (Å²) in [5.74, 6) is -0.415. The van der Waals surface area contributed by atoms with Gasteiger partial charge in [-0.05, 0) is 42.0 Å². The Kier molecular flexibility index (Phi) is 2.39. The molecule has 0 N–H and O–H groups in total. The van der Waals surface area contributed by atoms with Crippen molar-refractivity contribution in [2.75, 3.05) is 0 Å². The van der Waals surface area contributed by atoms with Gasteiger partial charge in [-0.3, -0.25) is 4.79 Å². The van der Waals surface area contributed by atoms with Crippen molar-refractivity contribution in [1.82, 2.24) is 0 Å². The number of hydrogen-bond acceptors (Lipinski definition) is 2. The van der Waals surface area contributed by atoms with Crippen LogP contribution in [0, 0.1) is 12.7 Å². The first-order chi connectivity index (χ1) is 10.1. The second kappa shape index (κ2) is 4.16. The molecule has 0 aliphatic heterocycles. The third-order valence-corrected chi connectivity index (χ3v) is 3.75. The number of aryl methyl sites for hydroxylation is 1. The third-order valence-electron chi connectivity index (χ3n) is 3.75. The fourth-order valence-corrected chi connectivity index (χ4v) is 2.69. The number of hydrogen-bond donors (Lipinski definition) is 0. The second-order valence-electron chi connectivity index (χ2n) is 5.27. The molecule has 0 saturated carbocycles. The van der Waals surface area contributed by atoms with Gasteiger partial charge in [-0.15, -0.1) is 0 Å². The molecule has 4 aromatic rings. The van der Waals surface area contributed by atoms with Crippen LogP contribution in [0.4, 0.5) is 4.39 Å². The molecule has 0 saturated heterocycles. The van der Waals surface area contributed by atoms with Gasteiger partial charge in [0.15, 0.2) is 0 Å². The van der Waals surface area contributed by atoms with Gasteiger partial charge in [-0.25, -0.2) is 4.39 Å². The van der Waals surface area contributed by atoms with Gasteiger partial charge in [-0.1, -0.05) is 23.8 Å². The van der Waals surface area contributed by atoms with Crippen LogP contribution in [0.25, 0.3) is 32.7 Å². The largest absolute Gasteiger partial charge is 0.456 e. The minimum Gasteiger partial charge on any atom is -0.456 e. The Hall–Kier alpha value is -2.68. The Labute approximate surface area is 119 Å². The molecule has 0 atom stereocenters. The zero-order chi connectivity index (χ0) is 14.6. The highest BCUT2D eigenvalue weighted by atomic mass is 19.1. The molecule has 0 bridgehead atoms. The Morgan fingerprint density at radius 2 is 1.67 bits per heavy atom. The van der Waals surface area contributed by atoms with E-state index >= 15 is 0 Å². The molecule has 2 nitrogen and oxygen atoms in total. The molecule has 0 aliphatic rings. The fourth-order valence-electron chi connectivity index (χ4n) is 2.69. The Morgan fingerprint density at radius 3 is 2.52 bits per heavy atom. The lowest BCUT2D eigenvalue weighted by Gasteiger charge is -2.04. The van der Waals surface area contributed by atoms with E-state index in [2.05, 4.69) is 0 Å². The zero-order valence-corrected chi connectivity index (χ0v) is 11.3. The minimum atomic E-state index is -0.415. The van der Waals surface area contributed by atoms with Gasteiger partial charge in [0.1, 0.15) is 17.0 Å². The normalized spacial score (nSPS) is 11.5. The highest BCUT2D eigenvalue weighted by Gasteiger charge is 2.09. The molecular weight excluding hydrogens is 267 g/mol. The molecule has 102 valence electrons. The summed E-state index contributed by atoms with van der Waals surface area (Å²) < 4.78 is 19.0. The summed E-state index contributed by atoms with van der Waals surface area (Å²) in [7, 11) is 0. The molecule has 4 rings (SSSR count). The average molecular weight is 278 g/mol. The van der Waals surface area contributed by atoms with E-state index in [-0.39, 0.29) is 11.0 Å². The lowest BCUT2D eigenvalue weighted by Crippen LogP contribution is -2.02. The summed E-state index contributed by atoms with van der Waals surface area (Å²) in [5, 5.41) is 2.91. The van der Waals surface area contributed by atoms with Crippen LogP contribution in [0.5, 0.6) is 0 Å². The average Bonchev–Trinajstić information content (AvgIpc) is 2.45. The number of fused-ring (bicyclic) bond motifs is 3. The predicted molar refractivity (Wildman–Crippen MR) is 82.2 cm³/mol. The van der Waals surface area contributed by atoms with Crippen LogP contribution in [0.3, 0.4) is 0 Å². The lowest BCUT2D eigenvalue weighted by atomic mass is 10.0. The van der Waals surface area contributed by atoms with E-state index < -0.39 is 5.82 Å². The topological polar surface area (TPSA) is 30.2 Å². The molecule has 0 radical (unpaired) electrons. The van der Waals surface area contributed by atoms with Crippen molar-refractivity contribution >= 4 is 32.7 Å². The highest BCUT2D eigenvalue weighted by molar-refractivity contribution is 5.99. The van der Waals surface area contributed by atoms with Gasteiger partial charge in [-0.2, -0.15) is 0 Å². The van der Waals surface area contributed by atoms with Gasteiger partial charge in [0.05, 0.1) is 10.8 Å². The van der Waals surface area contributed by atoms with E-state index in [9.17, 15) is 9.18 Å². The van der Waals surface area contributed by atoms with Crippen molar-refractivity contribution in [3.63, 3.8) is 0 Å². The number of benzene rings is 3. The van der Waals surface area contributed by atoms with Crippen LogP contribution < -0.4 is 5.43 Å². The van der Waals surface area contributed by atoms with Crippen LogP contribution >= 0.6 is 0 Å². The zero-order valence-electron chi connectivity index (χ0n) is 11.3. The molecule has 0 unspecified atom stereocenters. The van der Waals surface area contributed by atoms with Crippen LogP contribution in [-0.2, 0) is 0 Å². The maximum Gasteiger partial charge on any atom is 0.200 e. The van der Waals surface area contributed by atoms with E-state index in [4.69, 9.17) is 4.42 Å². The summed E-state index contributed by atoms with van der Waals surface area (Å²) in [6.45, 7) is 2.01. The molecule has 1 heterocycles. The maximum atomic E-state index is 13.3.